The van der Waals surface area contributed by atoms with E-state index < -0.39 is 29.6 Å². The molecule has 0 atom stereocenters. The molecule has 0 spiro atoms. The zero-order valence-electron chi connectivity index (χ0n) is 40.4. The van der Waals surface area contributed by atoms with Crippen molar-refractivity contribution in [2.75, 3.05) is 9.80 Å². The van der Waals surface area contributed by atoms with Crippen LogP contribution in [-0.2, 0) is 5.41 Å². The third kappa shape index (κ3) is 5.67. The van der Waals surface area contributed by atoms with Crippen LogP contribution in [0.25, 0.3) is 43.8 Å². The van der Waals surface area contributed by atoms with Crippen LogP contribution in [0.1, 0.15) is 31.8 Å². The minimum Gasteiger partial charge on any atom is -0.456 e. The molecule has 292 valence electrons. The van der Waals surface area contributed by atoms with E-state index in [0.29, 0.717) is 16.7 Å². The summed E-state index contributed by atoms with van der Waals surface area (Å²) in [6.07, 6.45) is 0. The van der Waals surface area contributed by atoms with Gasteiger partial charge in [-0.15, -0.1) is 0 Å². The lowest BCUT2D eigenvalue weighted by molar-refractivity contribution is 0.668. The molecule has 12 rings (SSSR count). The molecule has 0 aliphatic heterocycles. The Morgan fingerprint density at radius 1 is 0.371 bits per heavy atom. The van der Waals surface area contributed by atoms with Crippen LogP contribution in [0.5, 0.6) is 0 Å². The highest BCUT2D eigenvalue weighted by atomic mass is 16.3. The van der Waals surface area contributed by atoms with E-state index in [1.807, 2.05) is 109 Å². The fourth-order valence-electron chi connectivity index (χ4n) is 9.44. The highest BCUT2D eigenvalue weighted by molar-refractivity contribution is 6.06. The first-order valence-corrected chi connectivity index (χ1v) is 20.7. The average molecular weight is 800 g/mol. The Balaban J connectivity index is 1.24. The Hall–Kier alpha value is -8.14. The van der Waals surface area contributed by atoms with Crippen LogP contribution in [0.4, 0.5) is 34.1 Å². The van der Waals surface area contributed by atoms with E-state index >= 15 is 0 Å². The Bertz CT molecular complexity index is 3620. The van der Waals surface area contributed by atoms with Crippen molar-refractivity contribution in [2.45, 2.75) is 5.41 Å². The standard InChI is InChI=1S/C59H40N2O/c1-5-19-45(20-6-1)60(46-21-7-2-8-22-46)49-32-34-55-52(39-49)53-40-50(61(47-23-9-3-10-24-47)48-25-11-4-12-26-48)33-35-56(53)59(55,43-30-29-41-17-13-14-18-42(41)37-43)44-31-36-58-54(38-44)51-27-15-16-28-57(51)62-58/h1-40H/i13D,14D,17D,18D,29D,30D,37D. The van der Waals surface area contributed by atoms with Gasteiger partial charge < -0.3 is 14.2 Å². The van der Waals surface area contributed by atoms with E-state index in [0.717, 1.165) is 67.2 Å². The summed E-state index contributed by atoms with van der Waals surface area (Å²) in [5.41, 5.74) is 9.42. The summed E-state index contributed by atoms with van der Waals surface area (Å²) >= 11 is 0. The molecule has 0 amide bonds. The van der Waals surface area contributed by atoms with Crippen LogP contribution >= 0.6 is 0 Å². The summed E-state index contributed by atoms with van der Waals surface area (Å²) < 4.78 is 71.9. The number of fused-ring (bicyclic) bond motifs is 7. The molecule has 0 unspecified atom stereocenters. The van der Waals surface area contributed by atoms with Gasteiger partial charge in [0, 0.05) is 44.9 Å². The van der Waals surface area contributed by atoms with Gasteiger partial charge in [0.05, 0.1) is 15.0 Å². The number of anilines is 6. The summed E-state index contributed by atoms with van der Waals surface area (Å²) in [5.74, 6) is 0. The van der Waals surface area contributed by atoms with Gasteiger partial charge in [-0.2, -0.15) is 0 Å². The number of para-hydroxylation sites is 5. The minimum absolute atomic E-state index is 0.104. The van der Waals surface area contributed by atoms with Gasteiger partial charge >= 0.3 is 0 Å². The van der Waals surface area contributed by atoms with Crippen molar-refractivity contribution in [2.24, 2.45) is 0 Å². The van der Waals surface area contributed by atoms with Crippen molar-refractivity contribution in [3.05, 3.63) is 265 Å². The number of hydrogen-bond donors (Lipinski definition) is 0. The number of furan rings is 1. The predicted molar refractivity (Wildman–Crippen MR) is 258 cm³/mol. The van der Waals surface area contributed by atoms with Crippen molar-refractivity contribution in [3.63, 3.8) is 0 Å². The van der Waals surface area contributed by atoms with Crippen molar-refractivity contribution < 1.29 is 14.0 Å². The topological polar surface area (TPSA) is 19.6 Å². The number of hydrogen-bond acceptors (Lipinski definition) is 3. The van der Waals surface area contributed by atoms with Gasteiger partial charge in [0.15, 0.2) is 0 Å². The SMILES string of the molecule is [2H]c1c([2H])c([2H])c2c([2H])c(C3(c4ccc5oc6ccccc6c5c4)c4ccc(N(c5ccccc5)c5ccccc5)cc4-c4cc(N(c5ccccc5)c5ccccc5)ccc43)c([2H])c([2H])c2c1[2H]. The molecule has 0 bridgehead atoms. The molecule has 3 nitrogen and oxygen atoms in total. The number of benzene rings is 10. The maximum absolute atomic E-state index is 10.3. The molecule has 11 aromatic rings. The second-order valence-electron chi connectivity index (χ2n) is 15.5. The zero-order valence-corrected chi connectivity index (χ0v) is 33.4. The summed E-state index contributed by atoms with van der Waals surface area (Å²) in [4.78, 5) is 4.40. The van der Waals surface area contributed by atoms with Crippen molar-refractivity contribution >= 4 is 66.8 Å². The van der Waals surface area contributed by atoms with Gasteiger partial charge in [-0.25, -0.2) is 0 Å². The summed E-state index contributed by atoms with van der Waals surface area (Å²) in [7, 11) is 0. The Morgan fingerprint density at radius 3 is 1.40 bits per heavy atom. The fraction of sp³-hybridized carbons (Fsp3) is 0.0169. The van der Waals surface area contributed by atoms with Crippen molar-refractivity contribution in [1.29, 1.82) is 0 Å². The lowest BCUT2D eigenvalue weighted by atomic mass is 9.67. The third-order valence-electron chi connectivity index (χ3n) is 12.1. The van der Waals surface area contributed by atoms with E-state index in [4.69, 9.17) is 8.53 Å². The molecule has 0 fully saturated rings. The molecular formula is C59H40N2O. The van der Waals surface area contributed by atoms with Crippen LogP contribution < -0.4 is 9.80 Å². The normalized spacial score (nSPS) is 14.2. The van der Waals surface area contributed by atoms with Gasteiger partial charge in [-0.05, 0) is 141 Å². The van der Waals surface area contributed by atoms with Crippen LogP contribution in [-0.4, -0.2) is 0 Å². The maximum Gasteiger partial charge on any atom is 0.135 e. The Morgan fingerprint density at radius 2 is 0.855 bits per heavy atom. The molecule has 0 saturated carbocycles. The second-order valence-corrected chi connectivity index (χ2v) is 15.5. The quantitative estimate of drug-likeness (QED) is 0.153. The zero-order chi connectivity index (χ0) is 47.1. The number of nitrogens with zero attached hydrogens (tertiary/aromatic N) is 2. The van der Waals surface area contributed by atoms with E-state index in [1.54, 1.807) is 0 Å². The molecule has 10 aromatic carbocycles. The first-order chi connectivity index (χ1) is 33.7. The van der Waals surface area contributed by atoms with E-state index in [2.05, 4.69) is 101 Å². The lowest BCUT2D eigenvalue weighted by Gasteiger charge is -2.35. The molecule has 62 heavy (non-hydrogen) atoms. The molecule has 1 heterocycles. The summed E-state index contributed by atoms with van der Waals surface area (Å²) in [6, 6.07) is 64.3. The maximum atomic E-state index is 10.3. The largest absolute Gasteiger partial charge is 0.456 e. The monoisotopic (exact) mass is 799 g/mol. The van der Waals surface area contributed by atoms with Gasteiger partial charge in [0.2, 0.25) is 0 Å². The van der Waals surface area contributed by atoms with E-state index in [-0.39, 0.29) is 34.5 Å². The first-order valence-electron chi connectivity index (χ1n) is 24.2. The predicted octanol–water partition coefficient (Wildman–Crippen LogP) is 16.0. The van der Waals surface area contributed by atoms with Crippen molar-refractivity contribution in [3.8, 4) is 11.1 Å². The fourth-order valence-corrected chi connectivity index (χ4v) is 9.44. The van der Waals surface area contributed by atoms with Crippen LogP contribution in [0.3, 0.4) is 0 Å². The minimum atomic E-state index is -1.47. The number of rotatable bonds is 8. The molecule has 1 aliphatic carbocycles. The molecule has 1 aromatic heterocycles. The van der Waals surface area contributed by atoms with Crippen molar-refractivity contribution in [1.82, 2.24) is 0 Å². The van der Waals surface area contributed by atoms with Gasteiger partial charge in [0.25, 0.3) is 0 Å². The Kier molecular flexibility index (Phi) is 6.84. The van der Waals surface area contributed by atoms with Crippen LogP contribution in [0.15, 0.2) is 247 Å². The smallest absolute Gasteiger partial charge is 0.135 e. The van der Waals surface area contributed by atoms with E-state index in [9.17, 15) is 5.48 Å². The first kappa shape index (κ1) is 29.1. The third-order valence-corrected chi connectivity index (χ3v) is 12.1. The summed E-state index contributed by atoms with van der Waals surface area (Å²) in [5, 5.41) is 1.46. The van der Waals surface area contributed by atoms with Crippen LogP contribution in [0, 0.1) is 0 Å². The van der Waals surface area contributed by atoms with E-state index in [1.165, 1.54) is 0 Å². The van der Waals surface area contributed by atoms with Gasteiger partial charge in [-0.1, -0.05) is 145 Å². The molecule has 3 heteroatoms. The van der Waals surface area contributed by atoms with Gasteiger partial charge in [0.1, 0.15) is 11.2 Å². The molecule has 0 saturated heterocycles. The Labute approximate surface area is 370 Å². The second kappa shape index (κ2) is 14.5. The van der Waals surface area contributed by atoms with Crippen LogP contribution in [0.2, 0.25) is 0 Å². The molecular weight excluding hydrogens is 753 g/mol. The lowest BCUT2D eigenvalue weighted by Crippen LogP contribution is -2.28. The highest BCUT2D eigenvalue weighted by Gasteiger charge is 2.47. The average Bonchev–Trinajstić information content (AvgIpc) is 3.90. The van der Waals surface area contributed by atoms with Gasteiger partial charge in [-0.3, -0.25) is 0 Å². The molecule has 0 radical (unpaired) electrons. The molecule has 0 N–H and O–H groups in total. The highest BCUT2D eigenvalue weighted by Crippen LogP contribution is 2.59. The summed E-state index contributed by atoms with van der Waals surface area (Å²) in [6.45, 7) is 0. The molecule has 1 aliphatic rings.